The molecule has 0 aliphatic carbocycles. The van der Waals surface area contributed by atoms with Gasteiger partial charge in [0.1, 0.15) is 6.10 Å². The minimum absolute atomic E-state index is 0.195. The van der Waals surface area contributed by atoms with Gasteiger partial charge in [0.25, 0.3) is 5.69 Å². The average Bonchev–Trinajstić information content (AvgIpc) is 2.35. The van der Waals surface area contributed by atoms with E-state index in [9.17, 15) is 33.5 Å². The van der Waals surface area contributed by atoms with Gasteiger partial charge < -0.3 is 10.2 Å². The second kappa shape index (κ2) is 5.76. The van der Waals surface area contributed by atoms with Gasteiger partial charge >= 0.3 is 6.18 Å². The van der Waals surface area contributed by atoms with Gasteiger partial charge in [-0.1, -0.05) is 0 Å². The standard InChI is InChI=1S/C10H10F3NO4S/c11-10(12,13)5-1-2-6(7(3-5)14(17)18)9(16)8(15)4-19/h1-3,8-9,15-16,19H,4H2. The van der Waals surface area contributed by atoms with E-state index in [1.807, 2.05) is 0 Å². The molecule has 9 heteroatoms. The molecule has 0 aromatic heterocycles. The lowest BCUT2D eigenvalue weighted by Crippen LogP contribution is -2.21. The monoisotopic (exact) mass is 297 g/mol. The van der Waals surface area contributed by atoms with Crippen LogP contribution in [0.25, 0.3) is 0 Å². The fourth-order valence-electron chi connectivity index (χ4n) is 1.44. The molecule has 106 valence electrons. The topological polar surface area (TPSA) is 83.6 Å². The number of hydrogen-bond donors (Lipinski definition) is 3. The molecule has 0 aliphatic heterocycles. The average molecular weight is 297 g/mol. The summed E-state index contributed by atoms with van der Waals surface area (Å²) >= 11 is 3.70. The molecule has 2 atom stereocenters. The first kappa shape index (κ1) is 15.7. The SMILES string of the molecule is O=[N+]([O-])c1cc(C(F)(F)F)ccc1C(O)C(O)CS. The van der Waals surface area contributed by atoms with Crippen molar-refractivity contribution in [3.8, 4) is 0 Å². The maximum absolute atomic E-state index is 12.4. The molecule has 0 aliphatic rings. The quantitative estimate of drug-likeness (QED) is 0.450. The van der Waals surface area contributed by atoms with Crippen LogP contribution in [-0.4, -0.2) is 27.0 Å². The lowest BCUT2D eigenvalue weighted by Gasteiger charge is -2.17. The molecule has 0 spiro atoms. The molecule has 0 saturated carbocycles. The molecule has 0 amide bonds. The van der Waals surface area contributed by atoms with E-state index in [4.69, 9.17) is 0 Å². The van der Waals surface area contributed by atoms with Crippen molar-refractivity contribution >= 4 is 18.3 Å². The molecular weight excluding hydrogens is 287 g/mol. The number of hydrogen-bond acceptors (Lipinski definition) is 5. The van der Waals surface area contributed by atoms with Crippen molar-refractivity contribution in [1.82, 2.24) is 0 Å². The zero-order valence-electron chi connectivity index (χ0n) is 9.33. The van der Waals surface area contributed by atoms with E-state index in [1.54, 1.807) is 0 Å². The summed E-state index contributed by atoms with van der Waals surface area (Å²) in [4.78, 5) is 9.70. The van der Waals surface area contributed by atoms with Crippen molar-refractivity contribution in [3.05, 3.63) is 39.4 Å². The molecule has 0 bridgehead atoms. The maximum Gasteiger partial charge on any atom is 0.416 e. The number of benzene rings is 1. The Bertz CT molecular complexity index is 480. The highest BCUT2D eigenvalue weighted by molar-refractivity contribution is 7.80. The van der Waals surface area contributed by atoms with Gasteiger partial charge in [0.05, 0.1) is 22.2 Å². The molecule has 2 N–H and O–H groups in total. The minimum atomic E-state index is -4.73. The van der Waals surface area contributed by atoms with Crippen LogP contribution in [0.4, 0.5) is 18.9 Å². The van der Waals surface area contributed by atoms with E-state index in [0.717, 1.165) is 6.07 Å². The van der Waals surface area contributed by atoms with E-state index >= 15 is 0 Å². The zero-order valence-corrected chi connectivity index (χ0v) is 10.2. The minimum Gasteiger partial charge on any atom is -0.389 e. The highest BCUT2D eigenvalue weighted by Crippen LogP contribution is 2.35. The van der Waals surface area contributed by atoms with Gasteiger partial charge in [-0.2, -0.15) is 25.8 Å². The number of thiol groups is 1. The smallest absolute Gasteiger partial charge is 0.389 e. The first-order chi connectivity index (χ1) is 8.68. The van der Waals surface area contributed by atoms with E-state index in [2.05, 4.69) is 12.6 Å². The largest absolute Gasteiger partial charge is 0.416 e. The molecule has 5 nitrogen and oxygen atoms in total. The van der Waals surface area contributed by atoms with Gasteiger partial charge in [0.2, 0.25) is 0 Å². The summed E-state index contributed by atoms with van der Waals surface area (Å²) in [7, 11) is 0. The Hall–Kier alpha value is -1.32. The molecule has 1 aromatic carbocycles. The van der Waals surface area contributed by atoms with E-state index in [1.165, 1.54) is 0 Å². The van der Waals surface area contributed by atoms with Crippen LogP contribution in [-0.2, 0) is 6.18 Å². The Morgan fingerprint density at radius 2 is 1.95 bits per heavy atom. The Labute approximate surface area is 111 Å². The summed E-state index contributed by atoms with van der Waals surface area (Å²) in [5, 5.41) is 29.7. The van der Waals surface area contributed by atoms with Crippen molar-refractivity contribution < 1.29 is 28.3 Å². The third-order valence-corrected chi connectivity index (χ3v) is 2.80. The second-order valence-corrected chi connectivity index (χ2v) is 4.09. The Morgan fingerprint density at radius 3 is 2.37 bits per heavy atom. The summed E-state index contributed by atoms with van der Waals surface area (Å²) < 4.78 is 37.3. The van der Waals surface area contributed by atoms with Crippen molar-refractivity contribution in [1.29, 1.82) is 0 Å². The van der Waals surface area contributed by atoms with E-state index in [0.29, 0.717) is 12.1 Å². The van der Waals surface area contributed by atoms with Crippen molar-refractivity contribution in [2.75, 3.05) is 5.75 Å². The van der Waals surface area contributed by atoms with Gasteiger partial charge in [-0.15, -0.1) is 0 Å². The van der Waals surface area contributed by atoms with Gasteiger partial charge in [-0.3, -0.25) is 10.1 Å². The fourth-order valence-corrected chi connectivity index (χ4v) is 1.64. The molecule has 0 saturated heterocycles. The number of aliphatic hydroxyl groups is 2. The summed E-state index contributed by atoms with van der Waals surface area (Å²) in [5.74, 6) is -0.195. The van der Waals surface area contributed by atoms with Crippen LogP contribution < -0.4 is 0 Å². The molecule has 0 fully saturated rings. The van der Waals surface area contributed by atoms with Crippen LogP contribution in [0.1, 0.15) is 17.2 Å². The maximum atomic E-state index is 12.4. The summed E-state index contributed by atoms with van der Waals surface area (Å²) in [6.45, 7) is 0. The Balaban J connectivity index is 3.31. The van der Waals surface area contributed by atoms with Gasteiger partial charge in [-0.25, -0.2) is 0 Å². The molecule has 0 heterocycles. The number of aliphatic hydroxyl groups excluding tert-OH is 2. The number of halogens is 3. The molecule has 1 rings (SSSR count). The first-order valence-corrected chi connectivity index (χ1v) is 5.64. The lowest BCUT2D eigenvalue weighted by molar-refractivity contribution is -0.386. The molecule has 19 heavy (non-hydrogen) atoms. The third kappa shape index (κ3) is 3.58. The van der Waals surface area contributed by atoms with Gasteiger partial charge in [-0.05, 0) is 12.1 Å². The van der Waals surface area contributed by atoms with Gasteiger partial charge in [0.15, 0.2) is 0 Å². The molecule has 0 radical (unpaired) electrons. The summed E-state index contributed by atoms with van der Waals surface area (Å²) in [5.41, 5.74) is -2.49. The second-order valence-electron chi connectivity index (χ2n) is 3.72. The van der Waals surface area contributed by atoms with Crippen molar-refractivity contribution in [2.24, 2.45) is 0 Å². The highest BCUT2D eigenvalue weighted by Gasteiger charge is 2.34. The summed E-state index contributed by atoms with van der Waals surface area (Å²) in [6.07, 6.45) is -7.82. The normalized spacial score (nSPS) is 15.1. The van der Waals surface area contributed by atoms with Crippen molar-refractivity contribution in [3.63, 3.8) is 0 Å². The third-order valence-electron chi connectivity index (χ3n) is 2.42. The lowest BCUT2D eigenvalue weighted by atomic mass is 10.0. The fraction of sp³-hybridized carbons (Fsp3) is 0.400. The first-order valence-electron chi connectivity index (χ1n) is 5.01. The number of nitro groups is 1. The number of nitrogens with zero attached hydrogens (tertiary/aromatic N) is 1. The van der Waals surface area contributed by atoms with Crippen LogP contribution in [0.5, 0.6) is 0 Å². The number of alkyl halides is 3. The predicted octanol–water partition coefficient (Wildman–Crippen LogP) is 1.94. The highest BCUT2D eigenvalue weighted by atomic mass is 32.1. The Morgan fingerprint density at radius 1 is 1.37 bits per heavy atom. The molecule has 1 aromatic rings. The zero-order chi connectivity index (χ0) is 14.8. The Kier molecular flexibility index (Phi) is 4.77. The van der Waals surface area contributed by atoms with Crippen LogP contribution in [0.15, 0.2) is 18.2 Å². The van der Waals surface area contributed by atoms with Crippen LogP contribution in [0.2, 0.25) is 0 Å². The summed E-state index contributed by atoms with van der Waals surface area (Å²) in [6, 6.07) is 1.71. The number of rotatable bonds is 4. The van der Waals surface area contributed by atoms with Crippen LogP contribution in [0.3, 0.4) is 0 Å². The molecule has 2 unspecified atom stereocenters. The van der Waals surface area contributed by atoms with Crippen molar-refractivity contribution in [2.45, 2.75) is 18.4 Å². The number of nitro benzene ring substituents is 1. The van der Waals surface area contributed by atoms with E-state index < -0.39 is 34.6 Å². The van der Waals surface area contributed by atoms with Crippen LogP contribution >= 0.6 is 12.6 Å². The van der Waals surface area contributed by atoms with Crippen LogP contribution in [0, 0.1) is 10.1 Å². The van der Waals surface area contributed by atoms with Gasteiger partial charge in [0, 0.05) is 11.8 Å². The van der Waals surface area contributed by atoms with E-state index in [-0.39, 0.29) is 11.3 Å². The molecular formula is C10H10F3NO4S. The predicted molar refractivity (Wildman–Crippen MR) is 62.9 cm³/mol.